The molecule has 1 aromatic carbocycles. The van der Waals surface area contributed by atoms with Crippen LogP contribution in [0.25, 0.3) is 11.1 Å². The summed E-state index contributed by atoms with van der Waals surface area (Å²) >= 11 is 0. The second-order valence-electron chi connectivity index (χ2n) is 8.88. The average molecular weight is 379 g/mol. The van der Waals surface area contributed by atoms with Gasteiger partial charge < -0.3 is 0 Å². The second kappa shape index (κ2) is 11.3. The van der Waals surface area contributed by atoms with E-state index in [0.29, 0.717) is 0 Å². The highest BCUT2D eigenvalue weighted by atomic mass is 14.9. The summed E-state index contributed by atoms with van der Waals surface area (Å²) in [6, 6.07) is 8.58. The molecule has 0 radical (unpaired) electrons. The molecule has 152 valence electrons. The summed E-state index contributed by atoms with van der Waals surface area (Å²) in [5.41, 5.74) is 3.60. The Kier molecular flexibility index (Phi) is 8.51. The standard InChI is InChI=1S/C26H38N2/c1-3-4-5-6-7-8-22-11-13-23(14-12-22)15-18-26-27-19-25(20-28-26)24-16-9-21(2)10-17-24/h9-10,16-17,19-20,22-23H,3-8,11-15,18H2,1-2H3/t22-,23-. The van der Waals surface area contributed by atoms with Gasteiger partial charge in [0, 0.05) is 24.4 Å². The van der Waals surface area contributed by atoms with Gasteiger partial charge in [-0.1, -0.05) is 101 Å². The van der Waals surface area contributed by atoms with Crippen LogP contribution in [0.15, 0.2) is 36.7 Å². The van der Waals surface area contributed by atoms with Crippen LogP contribution in [0.4, 0.5) is 0 Å². The molecule has 1 heterocycles. The van der Waals surface area contributed by atoms with Gasteiger partial charge in [0.05, 0.1) is 0 Å². The summed E-state index contributed by atoms with van der Waals surface area (Å²) in [5, 5.41) is 0. The Hall–Kier alpha value is -1.70. The number of aryl methyl sites for hydroxylation is 2. The molecule has 0 atom stereocenters. The quantitative estimate of drug-likeness (QED) is 0.399. The van der Waals surface area contributed by atoms with Gasteiger partial charge in [-0.3, -0.25) is 0 Å². The molecule has 3 rings (SSSR count). The summed E-state index contributed by atoms with van der Waals surface area (Å²) in [4.78, 5) is 9.26. The first-order valence-corrected chi connectivity index (χ1v) is 11.6. The van der Waals surface area contributed by atoms with Crippen molar-refractivity contribution in [1.82, 2.24) is 9.97 Å². The van der Waals surface area contributed by atoms with Gasteiger partial charge in [0.15, 0.2) is 0 Å². The van der Waals surface area contributed by atoms with Crippen molar-refractivity contribution in [1.29, 1.82) is 0 Å². The van der Waals surface area contributed by atoms with E-state index in [1.165, 1.54) is 81.8 Å². The lowest BCUT2D eigenvalue weighted by molar-refractivity contribution is 0.248. The molecule has 28 heavy (non-hydrogen) atoms. The molecule has 1 aliphatic carbocycles. The Labute approximate surface area is 172 Å². The molecule has 2 heteroatoms. The largest absolute Gasteiger partial charge is 0.241 e. The lowest BCUT2D eigenvalue weighted by atomic mass is 9.78. The number of hydrogen-bond donors (Lipinski definition) is 0. The average Bonchev–Trinajstić information content (AvgIpc) is 2.74. The molecule has 0 amide bonds. The van der Waals surface area contributed by atoms with Gasteiger partial charge in [0.2, 0.25) is 0 Å². The number of benzene rings is 1. The van der Waals surface area contributed by atoms with E-state index in [4.69, 9.17) is 0 Å². The third kappa shape index (κ3) is 6.72. The van der Waals surface area contributed by atoms with E-state index in [0.717, 1.165) is 29.6 Å². The van der Waals surface area contributed by atoms with E-state index >= 15 is 0 Å². The maximum atomic E-state index is 4.63. The number of aromatic nitrogens is 2. The number of nitrogens with zero attached hydrogens (tertiary/aromatic N) is 2. The van der Waals surface area contributed by atoms with Crippen LogP contribution in [0.3, 0.4) is 0 Å². The summed E-state index contributed by atoms with van der Waals surface area (Å²) in [6.45, 7) is 4.41. The van der Waals surface area contributed by atoms with Crippen LogP contribution >= 0.6 is 0 Å². The third-order valence-electron chi connectivity index (χ3n) is 6.55. The summed E-state index contributed by atoms with van der Waals surface area (Å²) in [7, 11) is 0. The highest BCUT2D eigenvalue weighted by Gasteiger charge is 2.20. The van der Waals surface area contributed by atoms with Gasteiger partial charge in [0.1, 0.15) is 5.82 Å². The van der Waals surface area contributed by atoms with Crippen molar-refractivity contribution in [2.24, 2.45) is 11.8 Å². The molecule has 0 aliphatic heterocycles. The van der Waals surface area contributed by atoms with E-state index in [2.05, 4.69) is 48.1 Å². The Bertz CT molecular complexity index is 667. The van der Waals surface area contributed by atoms with Crippen molar-refractivity contribution in [3.63, 3.8) is 0 Å². The molecule has 1 aliphatic rings. The fraction of sp³-hybridized carbons (Fsp3) is 0.615. The van der Waals surface area contributed by atoms with Crippen LogP contribution in [0.5, 0.6) is 0 Å². The molecule has 1 aromatic heterocycles. The van der Waals surface area contributed by atoms with Gasteiger partial charge in [-0.15, -0.1) is 0 Å². The molecular formula is C26H38N2. The van der Waals surface area contributed by atoms with Gasteiger partial charge in [-0.2, -0.15) is 0 Å². The number of unbranched alkanes of at least 4 members (excludes halogenated alkanes) is 4. The van der Waals surface area contributed by atoms with E-state index in [1.54, 1.807) is 0 Å². The first kappa shape index (κ1) is 21.0. The lowest BCUT2D eigenvalue weighted by Gasteiger charge is -2.28. The minimum atomic E-state index is 0.886. The highest BCUT2D eigenvalue weighted by molar-refractivity contribution is 5.61. The van der Waals surface area contributed by atoms with Crippen molar-refractivity contribution in [2.75, 3.05) is 0 Å². The van der Waals surface area contributed by atoms with Crippen LogP contribution in [0.2, 0.25) is 0 Å². The summed E-state index contributed by atoms with van der Waals surface area (Å²) in [5.74, 6) is 2.90. The smallest absolute Gasteiger partial charge is 0.128 e. The van der Waals surface area contributed by atoms with Crippen molar-refractivity contribution >= 4 is 0 Å². The highest BCUT2D eigenvalue weighted by Crippen LogP contribution is 2.34. The van der Waals surface area contributed by atoms with Gasteiger partial charge in [-0.25, -0.2) is 9.97 Å². The van der Waals surface area contributed by atoms with Crippen LogP contribution in [0.1, 0.15) is 88.9 Å². The molecule has 1 saturated carbocycles. The predicted octanol–water partition coefficient (Wildman–Crippen LogP) is 7.55. The minimum absolute atomic E-state index is 0.886. The third-order valence-corrected chi connectivity index (χ3v) is 6.55. The van der Waals surface area contributed by atoms with Crippen molar-refractivity contribution in [3.8, 4) is 11.1 Å². The fourth-order valence-electron chi connectivity index (χ4n) is 4.56. The molecule has 0 N–H and O–H groups in total. The van der Waals surface area contributed by atoms with Gasteiger partial charge in [0.25, 0.3) is 0 Å². The van der Waals surface area contributed by atoms with E-state index in [-0.39, 0.29) is 0 Å². The fourth-order valence-corrected chi connectivity index (χ4v) is 4.56. The Morgan fingerprint density at radius 3 is 2.00 bits per heavy atom. The van der Waals surface area contributed by atoms with Crippen LogP contribution in [-0.4, -0.2) is 9.97 Å². The number of rotatable bonds is 10. The first-order chi connectivity index (χ1) is 13.7. The number of hydrogen-bond acceptors (Lipinski definition) is 2. The normalized spacial score (nSPS) is 19.6. The molecular weight excluding hydrogens is 340 g/mol. The maximum absolute atomic E-state index is 4.63. The topological polar surface area (TPSA) is 25.8 Å². The molecule has 0 bridgehead atoms. The van der Waals surface area contributed by atoms with Gasteiger partial charge in [-0.05, 0) is 30.7 Å². The molecule has 0 spiro atoms. The first-order valence-electron chi connectivity index (χ1n) is 11.6. The zero-order valence-electron chi connectivity index (χ0n) is 18.0. The summed E-state index contributed by atoms with van der Waals surface area (Å²) in [6.07, 6.45) is 20.6. The molecule has 2 nitrogen and oxygen atoms in total. The molecule has 0 saturated heterocycles. The lowest BCUT2D eigenvalue weighted by Crippen LogP contribution is -2.15. The Balaban J connectivity index is 1.35. The van der Waals surface area contributed by atoms with Crippen LogP contribution in [-0.2, 0) is 6.42 Å². The van der Waals surface area contributed by atoms with E-state index in [1.807, 2.05) is 12.4 Å². The SMILES string of the molecule is CCCCCCC[C@H]1CC[C@H](CCc2ncc(-c3ccc(C)cc3)cn2)CC1. The van der Waals surface area contributed by atoms with E-state index < -0.39 is 0 Å². The van der Waals surface area contributed by atoms with Crippen LogP contribution in [0, 0.1) is 18.8 Å². The van der Waals surface area contributed by atoms with Crippen molar-refractivity contribution in [2.45, 2.75) is 90.9 Å². The second-order valence-corrected chi connectivity index (χ2v) is 8.88. The molecule has 1 fully saturated rings. The Morgan fingerprint density at radius 2 is 1.36 bits per heavy atom. The van der Waals surface area contributed by atoms with Gasteiger partial charge >= 0.3 is 0 Å². The molecule has 0 unspecified atom stereocenters. The van der Waals surface area contributed by atoms with E-state index in [9.17, 15) is 0 Å². The van der Waals surface area contributed by atoms with Crippen molar-refractivity contribution < 1.29 is 0 Å². The van der Waals surface area contributed by atoms with Crippen LogP contribution < -0.4 is 0 Å². The Morgan fingerprint density at radius 1 is 0.750 bits per heavy atom. The maximum Gasteiger partial charge on any atom is 0.128 e. The monoisotopic (exact) mass is 378 g/mol. The summed E-state index contributed by atoms with van der Waals surface area (Å²) < 4.78 is 0. The zero-order valence-corrected chi connectivity index (χ0v) is 18.0. The molecule has 2 aromatic rings. The zero-order chi connectivity index (χ0) is 19.6. The van der Waals surface area contributed by atoms with Crippen molar-refractivity contribution in [3.05, 3.63) is 48.0 Å². The predicted molar refractivity (Wildman–Crippen MR) is 119 cm³/mol. The minimum Gasteiger partial charge on any atom is -0.241 e.